The first kappa shape index (κ1) is 18.8. The Hall–Kier alpha value is -2.93. The number of carbonyl (C=O) groups is 2. The lowest BCUT2D eigenvalue weighted by Gasteiger charge is -2.33. The molecule has 1 aromatic heterocycles. The molecule has 1 saturated heterocycles. The maximum absolute atomic E-state index is 12.4. The van der Waals surface area contributed by atoms with Crippen LogP contribution in [0, 0.1) is 0 Å². The SMILES string of the molecule is CCOC(=O)c1ccc(NC(=O)c2ccc(N3CCN(C)CC3)nc2)cc1. The quantitative estimate of drug-likeness (QED) is 0.816. The monoisotopic (exact) mass is 368 g/mol. The van der Waals surface area contributed by atoms with E-state index >= 15 is 0 Å². The maximum Gasteiger partial charge on any atom is 0.338 e. The lowest BCUT2D eigenvalue weighted by Crippen LogP contribution is -2.44. The second-order valence-corrected chi connectivity index (χ2v) is 6.45. The van der Waals surface area contributed by atoms with Crippen LogP contribution in [0.4, 0.5) is 11.5 Å². The molecule has 0 bridgehead atoms. The molecule has 142 valence electrons. The summed E-state index contributed by atoms with van der Waals surface area (Å²) >= 11 is 0. The molecule has 1 aliphatic rings. The number of carbonyl (C=O) groups excluding carboxylic acids is 2. The molecule has 3 rings (SSSR count). The van der Waals surface area contributed by atoms with Gasteiger partial charge in [0.1, 0.15) is 5.82 Å². The van der Waals surface area contributed by atoms with Gasteiger partial charge in [-0.3, -0.25) is 4.79 Å². The molecule has 0 radical (unpaired) electrons. The molecule has 1 fully saturated rings. The predicted octanol–water partition coefficient (Wildman–Crippen LogP) is 2.26. The van der Waals surface area contributed by atoms with Crippen molar-refractivity contribution in [3.8, 4) is 0 Å². The summed E-state index contributed by atoms with van der Waals surface area (Å²) in [7, 11) is 2.11. The summed E-state index contributed by atoms with van der Waals surface area (Å²) in [4.78, 5) is 33.0. The van der Waals surface area contributed by atoms with Crippen LogP contribution in [0.1, 0.15) is 27.6 Å². The standard InChI is InChI=1S/C20H24N4O3/c1-3-27-20(26)15-4-7-17(8-5-15)22-19(25)16-6-9-18(21-14-16)24-12-10-23(2)11-13-24/h4-9,14H,3,10-13H2,1-2H3,(H,22,25). The third kappa shape index (κ3) is 4.83. The number of rotatable bonds is 5. The van der Waals surface area contributed by atoms with Crippen LogP contribution in [0.5, 0.6) is 0 Å². The van der Waals surface area contributed by atoms with Gasteiger partial charge in [-0.05, 0) is 50.4 Å². The number of aromatic nitrogens is 1. The molecule has 0 spiro atoms. The fourth-order valence-electron chi connectivity index (χ4n) is 2.85. The lowest BCUT2D eigenvalue weighted by atomic mass is 10.2. The molecule has 1 amide bonds. The van der Waals surface area contributed by atoms with Crippen LogP contribution >= 0.6 is 0 Å². The van der Waals surface area contributed by atoms with E-state index in [1.165, 1.54) is 0 Å². The summed E-state index contributed by atoms with van der Waals surface area (Å²) < 4.78 is 4.94. The Morgan fingerprint density at radius 2 is 1.70 bits per heavy atom. The maximum atomic E-state index is 12.4. The fraction of sp³-hybridized carbons (Fsp3) is 0.350. The first-order valence-electron chi connectivity index (χ1n) is 9.05. The Balaban J connectivity index is 1.60. The minimum atomic E-state index is -0.376. The molecule has 27 heavy (non-hydrogen) atoms. The number of pyridine rings is 1. The zero-order chi connectivity index (χ0) is 19.2. The summed E-state index contributed by atoms with van der Waals surface area (Å²) in [5.41, 5.74) is 1.55. The van der Waals surface area contributed by atoms with Gasteiger partial charge in [-0.1, -0.05) is 0 Å². The van der Waals surface area contributed by atoms with Gasteiger partial charge in [-0.15, -0.1) is 0 Å². The zero-order valence-electron chi connectivity index (χ0n) is 15.6. The Morgan fingerprint density at radius 3 is 2.30 bits per heavy atom. The number of ether oxygens (including phenoxy) is 1. The van der Waals surface area contributed by atoms with Crippen molar-refractivity contribution < 1.29 is 14.3 Å². The van der Waals surface area contributed by atoms with Crippen LogP contribution < -0.4 is 10.2 Å². The van der Waals surface area contributed by atoms with E-state index in [0.717, 1.165) is 32.0 Å². The molecule has 7 nitrogen and oxygen atoms in total. The normalized spacial score (nSPS) is 14.7. The number of nitrogens with zero attached hydrogens (tertiary/aromatic N) is 3. The Morgan fingerprint density at radius 1 is 1.04 bits per heavy atom. The van der Waals surface area contributed by atoms with Crippen LogP contribution in [-0.2, 0) is 4.74 Å². The predicted molar refractivity (Wildman–Crippen MR) is 104 cm³/mol. The first-order valence-corrected chi connectivity index (χ1v) is 9.05. The molecule has 7 heteroatoms. The van der Waals surface area contributed by atoms with Crippen molar-refractivity contribution in [2.45, 2.75) is 6.92 Å². The third-order valence-corrected chi connectivity index (χ3v) is 4.49. The number of likely N-dealkylation sites (N-methyl/N-ethyl adjacent to an activating group) is 1. The van der Waals surface area contributed by atoms with E-state index < -0.39 is 0 Å². The van der Waals surface area contributed by atoms with Gasteiger partial charge in [-0.25, -0.2) is 9.78 Å². The largest absolute Gasteiger partial charge is 0.462 e. The molecule has 1 N–H and O–H groups in total. The van der Waals surface area contributed by atoms with Crippen molar-refractivity contribution in [2.75, 3.05) is 50.1 Å². The van der Waals surface area contributed by atoms with Crippen molar-refractivity contribution in [3.05, 3.63) is 53.7 Å². The van der Waals surface area contributed by atoms with Gasteiger partial charge < -0.3 is 19.9 Å². The smallest absolute Gasteiger partial charge is 0.338 e. The van der Waals surface area contributed by atoms with Crippen LogP contribution in [0.3, 0.4) is 0 Å². The van der Waals surface area contributed by atoms with E-state index in [-0.39, 0.29) is 11.9 Å². The third-order valence-electron chi connectivity index (χ3n) is 4.49. The number of amides is 1. The Labute approximate surface area is 158 Å². The summed E-state index contributed by atoms with van der Waals surface area (Å²) in [6.45, 7) is 5.96. The minimum absolute atomic E-state index is 0.240. The van der Waals surface area contributed by atoms with E-state index in [9.17, 15) is 9.59 Å². The lowest BCUT2D eigenvalue weighted by molar-refractivity contribution is 0.0526. The molecule has 0 saturated carbocycles. The van der Waals surface area contributed by atoms with Gasteiger partial charge in [0.2, 0.25) is 0 Å². The molecular formula is C20H24N4O3. The number of esters is 1. The van der Waals surface area contributed by atoms with Crippen LogP contribution in [0.15, 0.2) is 42.6 Å². The van der Waals surface area contributed by atoms with Gasteiger partial charge in [0.25, 0.3) is 5.91 Å². The molecule has 0 unspecified atom stereocenters. The van der Waals surface area contributed by atoms with Crippen LogP contribution in [-0.4, -0.2) is 61.6 Å². The molecule has 1 aromatic carbocycles. The zero-order valence-corrected chi connectivity index (χ0v) is 15.6. The number of nitrogens with one attached hydrogen (secondary N) is 1. The number of piperazine rings is 1. The number of benzene rings is 1. The van der Waals surface area contributed by atoms with Crippen LogP contribution in [0.25, 0.3) is 0 Å². The number of anilines is 2. The summed E-state index contributed by atoms with van der Waals surface area (Å²) in [5.74, 6) is 0.272. The highest BCUT2D eigenvalue weighted by atomic mass is 16.5. The van der Waals surface area contributed by atoms with E-state index in [1.54, 1.807) is 43.5 Å². The number of hydrogen-bond donors (Lipinski definition) is 1. The van der Waals surface area contributed by atoms with Gasteiger partial charge in [0, 0.05) is 38.1 Å². The minimum Gasteiger partial charge on any atom is -0.462 e. The van der Waals surface area contributed by atoms with Gasteiger partial charge in [0.05, 0.1) is 17.7 Å². The Kier molecular flexibility index (Phi) is 6.03. The van der Waals surface area contributed by atoms with E-state index in [0.29, 0.717) is 23.4 Å². The van der Waals surface area contributed by atoms with Crippen molar-refractivity contribution in [1.82, 2.24) is 9.88 Å². The highest BCUT2D eigenvalue weighted by Crippen LogP contribution is 2.16. The molecular weight excluding hydrogens is 344 g/mol. The number of hydrogen-bond acceptors (Lipinski definition) is 6. The Bertz CT molecular complexity index is 782. The van der Waals surface area contributed by atoms with E-state index in [1.807, 2.05) is 6.07 Å². The van der Waals surface area contributed by atoms with Crippen molar-refractivity contribution in [1.29, 1.82) is 0 Å². The second kappa shape index (κ2) is 8.64. The average molecular weight is 368 g/mol. The van der Waals surface area contributed by atoms with Crippen molar-refractivity contribution >= 4 is 23.4 Å². The van der Waals surface area contributed by atoms with Crippen LogP contribution in [0.2, 0.25) is 0 Å². The van der Waals surface area contributed by atoms with Gasteiger partial charge in [0.15, 0.2) is 0 Å². The van der Waals surface area contributed by atoms with E-state index in [4.69, 9.17) is 4.74 Å². The van der Waals surface area contributed by atoms with Crippen molar-refractivity contribution in [2.24, 2.45) is 0 Å². The first-order chi connectivity index (χ1) is 13.1. The molecule has 2 heterocycles. The fourth-order valence-corrected chi connectivity index (χ4v) is 2.85. The summed E-state index contributed by atoms with van der Waals surface area (Å²) in [5, 5.41) is 2.81. The van der Waals surface area contributed by atoms with E-state index in [2.05, 4.69) is 27.1 Å². The van der Waals surface area contributed by atoms with Gasteiger partial charge >= 0.3 is 5.97 Å². The van der Waals surface area contributed by atoms with Gasteiger partial charge in [-0.2, -0.15) is 0 Å². The topological polar surface area (TPSA) is 74.8 Å². The summed E-state index contributed by atoms with van der Waals surface area (Å²) in [6, 6.07) is 10.3. The molecule has 0 atom stereocenters. The van der Waals surface area contributed by atoms with Crippen molar-refractivity contribution in [3.63, 3.8) is 0 Å². The summed E-state index contributed by atoms with van der Waals surface area (Å²) in [6.07, 6.45) is 1.59. The second-order valence-electron chi connectivity index (χ2n) is 6.45. The molecule has 0 aliphatic carbocycles. The highest BCUT2D eigenvalue weighted by Gasteiger charge is 2.16. The molecule has 2 aromatic rings. The average Bonchev–Trinajstić information content (AvgIpc) is 2.69. The molecule has 1 aliphatic heterocycles. The highest BCUT2D eigenvalue weighted by molar-refractivity contribution is 6.04.